The van der Waals surface area contributed by atoms with Gasteiger partial charge < -0.3 is 14.2 Å². The van der Waals surface area contributed by atoms with Gasteiger partial charge in [-0.3, -0.25) is 4.79 Å². The predicted octanol–water partition coefficient (Wildman–Crippen LogP) is 5.03. The molecule has 0 spiro atoms. The standard InChI is InChI=1S/C28H27N3O5/c1-5-35-25-16-19(10-15-24(25)36-28(33)20-11-13-21(34-4)14-12-20)17-29-31-26(18(2)3)30-23-9-7-6-8-22(23)27(31)32/h6-18H,5H2,1-4H3/b29-17+. The Morgan fingerprint density at radius 1 is 1.06 bits per heavy atom. The van der Waals surface area contributed by atoms with Crippen LogP contribution in [0, 0.1) is 0 Å². The number of esters is 1. The molecule has 0 amide bonds. The van der Waals surface area contributed by atoms with Crippen molar-refractivity contribution < 1.29 is 19.0 Å². The van der Waals surface area contributed by atoms with Crippen LogP contribution in [0.1, 0.15) is 48.4 Å². The maximum absolute atomic E-state index is 13.1. The van der Waals surface area contributed by atoms with E-state index in [1.165, 1.54) is 4.68 Å². The molecular formula is C28H27N3O5. The zero-order chi connectivity index (χ0) is 25.7. The minimum atomic E-state index is -0.518. The Morgan fingerprint density at radius 2 is 1.81 bits per heavy atom. The lowest BCUT2D eigenvalue weighted by molar-refractivity contribution is 0.0728. The Labute approximate surface area is 208 Å². The highest BCUT2D eigenvalue weighted by molar-refractivity contribution is 5.91. The largest absolute Gasteiger partial charge is 0.497 e. The second-order valence-corrected chi connectivity index (χ2v) is 8.26. The van der Waals surface area contributed by atoms with Gasteiger partial charge in [0.2, 0.25) is 0 Å². The van der Waals surface area contributed by atoms with Crippen LogP contribution in [0.5, 0.6) is 17.2 Å². The number of hydrogen-bond donors (Lipinski definition) is 0. The van der Waals surface area contributed by atoms with Crippen LogP contribution in [0.25, 0.3) is 10.9 Å². The van der Waals surface area contributed by atoms with Crippen molar-refractivity contribution in [3.63, 3.8) is 0 Å². The number of nitrogens with zero attached hydrogens (tertiary/aromatic N) is 3. The second-order valence-electron chi connectivity index (χ2n) is 8.26. The van der Waals surface area contributed by atoms with E-state index in [0.717, 1.165) is 0 Å². The number of para-hydroxylation sites is 1. The third-order valence-electron chi connectivity index (χ3n) is 5.41. The van der Waals surface area contributed by atoms with E-state index in [2.05, 4.69) is 10.1 Å². The van der Waals surface area contributed by atoms with Gasteiger partial charge in [-0.1, -0.05) is 26.0 Å². The van der Waals surface area contributed by atoms with E-state index in [1.807, 2.05) is 32.9 Å². The predicted molar refractivity (Wildman–Crippen MR) is 139 cm³/mol. The quantitative estimate of drug-likeness (QED) is 0.198. The Kier molecular flexibility index (Phi) is 7.44. The first-order chi connectivity index (χ1) is 17.4. The third-order valence-corrected chi connectivity index (χ3v) is 5.41. The molecule has 0 radical (unpaired) electrons. The number of benzene rings is 3. The number of methoxy groups -OCH3 is 1. The summed E-state index contributed by atoms with van der Waals surface area (Å²) in [5.74, 6) is 1.34. The highest BCUT2D eigenvalue weighted by atomic mass is 16.6. The summed E-state index contributed by atoms with van der Waals surface area (Å²) in [6.07, 6.45) is 1.56. The van der Waals surface area contributed by atoms with Gasteiger partial charge >= 0.3 is 5.97 Å². The normalized spacial score (nSPS) is 11.2. The molecule has 0 aliphatic rings. The average Bonchev–Trinajstić information content (AvgIpc) is 2.89. The average molecular weight is 486 g/mol. The van der Waals surface area contributed by atoms with Gasteiger partial charge in [0.15, 0.2) is 11.5 Å². The van der Waals surface area contributed by atoms with Gasteiger partial charge in [0.1, 0.15) is 11.6 Å². The van der Waals surface area contributed by atoms with Gasteiger partial charge in [-0.2, -0.15) is 9.78 Å². The molecule has 184 valence electrons. The highest BCUT2D eigenvalue weighted by Gasteiger charge is 2.15. The van der Waals surface area contributed by atoms with Crippen LogP contribution in [-0.4, -0.2) is 35.6 Å². The van der Waals surface area contributed by atoms with Crippen molar-refractivity contribution in [2.24, 2.45) is 5.10 Å². The maximum Gasteiger partial charge on any atom is 0.343 e. The molecule has 1 aromatic heterocycles. The van der Waals surface area contributed by atoms with E-state index in [0.29, 0.717) is 46.0 Å². The number of fused-ring (bicyclic) bond motifs is 1. The van der Waals surface area contributed by atoms with E-state index in [-0.39, 0.29) is 17.2 Å². The van der Waals surface area contributed by atoms with Gasteiger partial charge in [-0.15, -0.1) is 0 Å². The first-order valence-corrected chi connectivity index (χ1v) is 11.6. The molecule has 0 saturated heterocycles. The molecule has 0 fully saturated rings. The summed E-state index contributed by atoms with van der Waals surface area (Å²) < 4.78 is 17.7. The van der Waals surface area contributed by atoms with E-state index in [1.54, 1.807) is 67.9 Å². The van der Waals surface area contributed by atoms with Crippen molar-refractivity contribution >= 4 is 23.1 Å². The molecular weight excluding hydrogens is 458 g/mol. The first-order valence-electron chi connectivity index (χ1n) is 11.6. The lowest BCUT2D eigenvalue weighted by Gasteiger charge is -2.13. The van der Waals surface area contributed by atoms with Crippen molar-refractivity contribution in [3.05, 3.63) is 94.0 Å². The summed E-state index contributed by atoms with van der Waals surface area (Å²) in [5, 5.41) is 4.94. The Bertz CT molecular complexity index is 1470. The second kappa shape index (κ2) is 10.9. The Morgan fingerprint density at radius 3 is 2.50 bits per heavy atom. The lowest BCUT2D eigenvalue weighted by atomic mass is 10.2. The smallest absolute Gasteiger partial charge is 0.343 e. The third kappa shape index (κ3) is 5.27. The van der Waals surface area contributed by atoms with E-state index in [4.69, 9.17) is 14.2 Å². The molecule has 8 nitrogen and oxygen atoms in total. The summed E-state index contributed by atoms with van der Waals surface area (Å²) in [6, 6.07) is 18.9. The van der Waals surface area contributed by atoms with Crippen LogP contribution in [0.3, 0.4) is 0 Å². The minimum absolute atomic E-state index is 0.0156. The Hall–Kier alpha value is -4.46. The van der Waals surface area contributed by atoms with Crippen LogP contribution < -0.4 is 19.8 Å². The fourth-order valence-electron chi connectivity index (χ4n) is 3.59. The van der Waals surface area contributed by atoms with E-state index >= 15 is 0 Å². The molecule has 0 N–H and O–H groups in total. The fraction of sp³-hybridized carbons (Fsp3) is 0.214. The van der Waals surface area contributed by atoms with Crippen molar-refractivity contribution in [1.29, 1.82) is 0 Å². The summed E-state index contributed by atoms with van der Waals surface area (Å²) >= 11 is 0. The summed E-state index contributed by atoms with van der Waals surface area (Å²) in [7, 11) is 1.56. The summed E-state index contributed by atoms with van der Waals surface area (Å²) in [6.45, 7) is 6.13. The fourth-order valence-corrected chi connectivity index (χ4v) is 3.59. The molecule has 4 rings (SSSR count). The van der Waals surface area contributed by atoms with Gasteiger partial charge in [0, 0.05) is 5.92 Å². The Balaban J connectivity index is 1.64. The molecule has 8 heteroatoms. The number of ether oxygens (including phenoxy) is 3. The maximum atomic E-state index is 13.1. The van der Waals surface area contributed by atoms with E-state index in [9.17, 15) is 9.59 Å². The summed E-state index contributed by atoms with van der Waals surface area (Å²) in [5.41, 5.74) is 1.45. The number of rotatable bonds is 8. The molecule has 1 heterocycles. The SMILES string of the molecule is CCOc1cc(/C=N/n2c(C(C)C)nc3ccccc3c2=O)ccc1OC(=O)c1ccc(OC)cc1. The zero-order valence-electron chi connectivity index (χ0n) is 20.6. The molecule has 0 aliphatic carbocycles. The molecule has 0 unspecified atom stereocenters. The lowest BCUT2D eigenvalue weighted by Crippen LogP contribution is -2.23. The van der Waals surface area contributed by atoms with Crippen LogP contribution >= 0.6 is 0 Å². The van der Waals surface area contributed by atoms with Crippen LogP contribution in [-0.2, 0) is 0 Å². The van der Waals surface area contributed by atoms with Crippen molar-refractivity contribution in [1.82, 2.24) is 9.66 Å². The minimum Gasteiger partial charge on any atom is -0.497 e. The molecule has 4 aromatic rings. The van der Waals surface area contributed by atoms with Gasteiger partial charge in [0.25, 0.3) is 5.56 Å². The monoisotopic (exact) mass is 485 g/mol. The van der Waals surface area contributed by atoms with E-state index < -0.39 is 5.97 Å². The van der Waals surface area contributed by atoms with Gasteiger partial charge in [-0.25, -0.2) is 9.78 Å². The molecule has 0 atom stereocenters. The van der Waals surface area contributed by atoms with Crippen molar-refractivity contribution in [2.75, 3.05) is 13.7 Å². The van der Waals surface area contributed by atoms with Crippen LogP contribution in [0.4, 0.5) is 0 Å². The zero-order valence-corrected chi connectivity index (χ0v) is 20.6. The number of carbonyl (C=O) groups excluding carboxylic acids is 1. The van der Waals surface area contributed by atoms with Gasteiger partial charge in [0.05, 0.1) is 36.4 Å². The highest BCUT2D eigenvalue weighted by Crippen LogP contribution is 2.29. The van der Waals surface area contributed by atoms with Crippen LogP contribution in [0.2, 0.25) is 0 Å². The number of aromatic nitrogens is 2. The number of carbonyl (C=O) groups is 1. The molecule has 0 saturated carbocycles. The van der Waals surface area contributed by atoms with Crippen molar-refractivity contribution in [3.8, 4) is 17.2 Å². The van der Waals surface area contributed by atoms with Crippen molar-refractivity contribution in [2.45, 2.75) is 26.7 Å². The molecule has 36 heavy (non-hydrogen) atoms. The first kappa shape index (κ1) is 24.7. The topological polar surface area (TPSA) is 92.0 Å². The summed E-state index contributed by atoms with van der Waals surface area (Å²) in [4.78, 5) is 30.4. The number of hydrogen-bond acceptors (Lipinski definition) is 7. The molecule has 3 aromatic carbocycles. The van der Waals surface area contributed by atoms with Gasteiger partial charge in [-0.05, 0) is 67.1 Å². The van der Waals surface area contributed by atoms with Crippen LogP contribution in [0.15, 0.2) is 76.6 Å². The molecule has 0 bridgehead atoms. The molecule has 0 aliphatic heterocycles.